The number of hydrogen-bond acceptors (Lipinski definition) is 2. The lowest BCUT2D eigenvalue weighted by Crippen LogP contribution is -2.50. The monoisotopic (exact) mass is 324 g/mol. The Morgan fingerprint density at radius 1 is 1.32 bits per heavy atom. The summed E-state index contributed by atoms with van der Waals surface area (Å²) >= 11 is 3.65. The molecule has 1 saturated heterocycles. The molecule has 106 valence electrons. The van der Waals surface area contributed by atoms with E-state index in [1.807, 2.05) is 0 Å². The van der Waals surface area contributed by atoms with E-state index in [4.69, 9.17) is 0 Å². The van der Waals surface area contributed by atoms with E-state index in [2.05, 4.69) is 65.1 Å². The number of halogens is 1. The van der Waals surface area contributed by atoms with E-state index in [0.29, 0.717) is 0 Å². The Kier molecular flexibility index (Phi) is 4.91. The molecule has 1 aliphatic heterocycles. The van der Waals surface area contributed by atoms with Gasteiger partial charge in [0, 0.05) is 28.8 Å². The van der Waals surface area contributed by atoms with E-state index in [9.17, 15) is 0 Å². The fraction of sp³-hybridized carbons (Fsp3) is 0.625. The smallest absolute Gasteiger partial charge is 0.0378 e. The summed E-state index contributed by atoms with van der Waals surface area (Å²) < 4.78 is 1.21. The SMILES string of the molecule is CCC1(CC)CN(c2ccc(C)c(Br)c2)CCCN1. The summed E-state index contributed by atoms with van der Waals surface area (Å²) in [7, 11) is 0. The third-order valence-corrected chi connectivity index (χ3v) is 5.33. The Morgan fingerprint density at radius 2 is 2.05 bits per heavy atom. The van der Waals surface area contributed by atoms with Crippen molar-refractivity contribution in [2.45, 2.75) is 45.6 Å². The lowest BCUT2D eigenvalue weighted by Gasteiger charge is -2.36. The van der Waals surface area contributed by atoms with E-state index in [1.165, 1.54) is 35.0 Å². The average Bonchev–Trinajstić information content (AvgIpc) is 2.65. The summed E-state index contributed by atoms with van der Waals surface area (Å²) in [5.74, 6) is 0. The molecule has 1 heterocycles. The number of anilines is 1. The Bertz CT molecular complexity index is 427. The van der Waals surface area contributed by atoms with Gasteiger partial charge in [0.1, 0.15) is 0 Å². The Balaban J connectivity index is 2.24. The highest BCUT2D eigenvalue weighted by atomic mass is 79.9. The highest BCUT2D eigenvalue weighted by molar-refractivity contribution is 9.10. The summed E-state index contributed by atoms with van der Waals surface area (Å²) in [5, 5.41) is 3.77. The highest BCUT2D eigenvalue weighted by Crippen LogP contribution is 2.28. The Morgan fingerprint density at radius 3 is 2.68 bits per heavy atom. The van der Waals surface area contributed by atoms with Crippen molar-refractivity contribution >= 4 is 21.6 Å². The number of hydrogen-bond donors (Lipinski definition) is 1. The van der Waals surface area contributed by atoms with Gasteiger partial charge in [-0.25, -0.2) is 0 Å². The summed E-state index contributed by atoms with van der Waals surface area (Å²) in [5.41, 5.74) is 2.91. The maximum Gasteiger partial charge on any atom is 0.0378 e. The lowest BCUT2D eigenvalue weighted by atomic mass is 9.92. The first-order chi connectivity index (χ1) is 9.10. The molecule has 3 heteroatoms. The quantitative estimate of drug-likeness (QED) is 0.899. The summed E-state index contributed by atoms with van der Waals surface area (Å²) in [6.07, 6.45) is 3.59. The predicted octanol–water partition coefficient (Wildman–Crippen LogP) is 4.12. The van der Waals surface area contributed by atoms with Crippen molar-refractivity contribution in [2.24, 2.45) is 0 Å². The zero-order valence-corrected chi connectivity index (χ0v) is 13.9. The van der Waals surface area contributed by atoms with Gasteiger partial charge in [0.15, 0.2) is 0 Å². The predicted molar refractivity (Wildman–Crippen MR) is 87.0 cm³/mol. The minimum Gasteiger partial charge on any atom is -0.370 e. The molecule has 1 aromatic rings. The number of nitrogens with one attached hydrogen (secondary N) is 1. The van der Waals surface area contributed by atoms with E-state index in [-0.39, 0.29) is 5.54 Å². The molecule has 0 radical (unpaired) electrons. The van der Waals surface area contributed by atoms with Crippen LogP contribution < -0.4 is 10.2 Å². The molecule has 19 heavy (non-hydrogen) atoms. The molecule has 0 spiro atoms. The van der Waals surface area contributed by atoms with Gasteiger partial charge < -0.3 is 10.2 Å². The second-order valence-corrected chi connectivity index (χ2v) is 6.48. The number of aryl methyl sites for hydroxylation is 1. The second-order valence-electron chi connectivity index (χ2n) is 5.62. The number of rotatable bonds is 3. The van der Waals surface area contributed by atoms with Crippen LogP contribution in [0.2, 0.25) is 0 Å². The maximum atomic E-state index is 3.77. The van der Waals surface area contributed by atoms with Gasteiger partial charge in [0.25, 0.3) is 0 Å². The van der Waals surface area contributed by atoms with Gasteiger partial charge in [-0.15, -0.1) is 0 Å². The second kappa shape index (κ2) is 6.27. The molecule has 1 aromatic carbocycles. The number of nitrogens with zero attached hydrogens (tertiary/aromatic N) is 1. The van der Waals surface area contributed by atoms with Gasteiger partial charge in [-0.2, -0.15) is 0 Å². The molecule has 1 aliphatic rings. The zero-order chi connectivity index (χ0) is 13.9. The van der Waals surface area contributed by atoms with Crippen LogP contribution in [0.1, 0.15) is 38.7 Å². The van der Waals surface area contributed by atoms with Crippen LogP contribution in [0, 0.1) is 6.92 Å². The van der Waals surface area contributed by atoms with Gasteiger partial charge in [0.05, 0.1) is 0 Å². The van der Waals surface area contributed by atoms with Crippen LogP contribution in [-0.2, 0) is 0 Å². The standard InChI is InChI=1S/C16H25BrN2/c1-4-16(5-2)12-19(10-6-9-18-16)14-8-7-13(3)15(17)11-14/h7-8,11,18H,4-6,9-10,12H2,1-3H3. The van der Waals surface area contributed by atoms with Crippen LogP contribution in [0.25, 0.3) is 0 Å². The van der Waals surface area contributed by atoms with Crippen molar-refractivity contribution in [3.63, 3.8) is 0 Å². The van der Waals surface area contributed by atoms with Crippen molar-refractivity contribution in [3.05, 3.63) is 28.2 Å². The third-order valence-electron chi connectivity index (χ3n) is 4.47. The maximum absolute atomic E-state index is 3.77. The number of benzene rings is 1. The molecule has 2 nitrogen and oxygen atoms in total. The van der Waals surface area contributed by atoms with Crippen molar-refractivity contribution in [2.75, 3.05) is 24.5 Å². The highest BCUT2D eigenvalue weighted by Gasteiger charge is 2.30. The van der Waals surface area contributed by atoms with Crippen LogP contribution in [-0.4, -0.2) is 25.2 Å². The van der Waals surface area contributed by atoms with Crippen molar-refractivity contribution in [1.82, 2.24) is 5.32 Å². The van der Waals surface area contributed by atoms with Crippen molar-refractivity contribution in [1.29, 1.82) is 0 Å². The van der Waals surface area contributed by atoms with E-state index >= 15 is 0 Å². The molecule has 2 rings (SSSR count). The largest absolute Gasteiger partial charge is 0.370 e. The molecule has 0 amide bonds. The molecular weight excluding hydrogens is 300 g/mol. The van der Waals surface area contributed by atoms with Gasteiger partial charge in [-0.3, -0.25) is 0 Å². The molecule has 0 bridgehead atoms. The minimum absolute atomic E-state index is 0.272. The third kappa shape index (κ3) is 3.32. The first kappa shape index (κ1) is 14.9. The van der Waals surface area contributed by atoms with E-state index in [1.54, 1.807) is 0 Å². The molecule has 0 aromatic heterocycles. The molecular formula is C16H25BrN2. The van der Waals surface area contributed by atoms with Gasteiger partial charge in [-0.1, -0.05) is 35.8 Å². The molecule has 0 saturated carbocycles. The lowest BCUT2D eigenvalue weighted by molar-refractivity contribution is 0.321. The topological polar surface area (TPSA) is 15.3 Å². The summed E-state index contributed by atoms with van der Waals surface area (Å²) in [6.45, 7) is 10.1. The van der Waals surface area contributed by atoms with Crippen LogP contribution in [0.3, 0.4) is 0 Å². The van der Waals surface area contributed by atoms with Crippen molar-refractivity contribution < 1.29 is 0 Å². The summed E-state index contributed by atoms with van der Waals surface area (Å²) in [4.78, 5) is 2.54. The van der Waals surface area contributed by atoms with E-state index in [0.717, 1.165) is 19.6 Å². The first-order valence-corrected chi connectivity index (χ1v) is 8.15. The molecule has 1 N–H and O–H groups in total. The Hall–Kier alpha value is -0.540. The van der Waals surface area contributed by atoms with Crippen LogP contribution in [0.4, 0.5) is 5.69 Å². The zero-order valence-electron chi connectivity index (χ0n) is 12.3. The first-order valence-electron chi connectivity index (χ1n) is 7.36. The molecule has 0 unspecified atom stereocenters. The normalized spacial score (nSPS) is 19.3. The summed E-state index contributed by atoms with van der Waals surface area (Å²) in [6, 6.07) is 6.72. The van der Waals surface area contributed by atoms with Gasteiger partial charge >= 0.3 is 0 Å². The minimum atomic E-state index is 0.272. The fourth-order valence-electron chi connectivity index (χ4n) is 2.85. The van der Waals surface area contributed by atoms with Crippen molar-refractivity contribution in [3.8, 4) is 0 Å². The molecule has 1 fully saturated rings. The average molecular weight is 325 g/mol. The van der Waals surface area contributed by atoms with Gasteiger partial charge in [-0.05, 0) is 50.4 Å². The van der Waals surface area contributed by atoms with Gasteiger partial charge in [0.2, 0.25) is 0 Å². The van der Waals surface area contributed by atoms with Crippen LogP contribution >= 0.6 is 15.9 Å². The Labute approximate surface area is 125 Å². The molecule has 0 atom stereocenters. The fourth-order valence-corrected chi connectivity index (χ4v) is 3.21. The van der Waals surface area contributed by atoms with Crippen LogP contribution in [0.5, 0.6) is 0 Å². The molecule has 0 aliphatic carbocycles. The van der Waals surface area contributed by atoms with E-state index < -0.39 is 0 Å². The van der Waals surface area contributed by atoms with Crippen LogP contribution in [0.15, 0.2) is 22.7 Å².